The maximum atomic E-state index is 13.0. The standard InChI is InChI=1S/C16H17FN2O2/c1-12(21-15-7-4-5-13(17)11-15)16(20)19-10-8-14-6-2-3-9-18-14/h2-7,9,11-12H,8,10H2,1H3,(H,19,20). The molecule has 0 radical (unpaired) electrons. The number of nitrogens with one attached hydrogen (secondary N) is 1. The third-order valence-corrected chi connectivity index (χ3v) is 2.88. The van der Waals surface area contributed by atoms with Gasteiger partial charge in [-0.25, -0.2) is 4.39 Å². The van der Waals surface area contributed by atoms with Gasteiger partial charge in [-0.3, -0.25) is 9.78 Å². The number of hydrogen-bond donors (Lipinski definition) is 1. The number of benzene rings is 1. The summed E-state index contributed by atoms with van der Waals surface area (Å²) in [5.41, 5.74) is 0.913. The molecule has 1 atom stereocenters. The van der Waals surface area contributed by atoms with Gasteiger partial charge in [0.15, 0.2) is 6.10 Å². The smallest absolute Gasteiger partial charge is 0.260 e. The molecule has 5 heteroatoms. The minimum absolute atomic E-state index is 0.241. The Hall–Kier alpha value is -2.43. The maximum absolute atomic E-state index is 13.0. The Morgan fingerprint density at radius 3 is 2.90 bits per heavy atom. The molecule has 2 aromatic rings. The highest BCUT2D eigenvalue weighted by Gasteiger charge is 2.14. The van der Waals surface area contributed by atoms with Crippen molar-refractivity contribution in [2.45, 2.75) is 19.4 Å². The molecular formula is C16H17FN2O2. The number of halogens is 1. The first kappa shape index (κ1) is 15.0. The Labute approximate surface area is 123 Å². The molecule has 1 N–H and O–H groups in total. The molecule has 0 bridgehead atoms. The molecule has 21 heavy (non-hydrogen) atoms. The van der Waals surface area contributed by atoms with Crippen LogP contribution in [0.25, 0.3) is 0 Å². The summed E-state index contributed by atoms with van der Waals surface area (Å²) in [6.45, 7) is 2.10. The van der Waals surface area contributed by atoms with E-state index in [2.05, 4.69) is 10.3 Å². The molecule has 1 aromatic carbocycles. The van der Waals surface area contributed by atoms with Gasteiger partial charge in [-0.15, -0.1) is 0 Å². The van der Waals surface area contributed by atoms with Gasteiger partial charge in [-0.1, -0.05) is 12.1 Å². The van der Waals surface area contributed by atoms with Crippen LogP contribution in [0.1, 0.15) is 12.6 Å². The zero-order valence-electron chi connectivity index (χ0n) is 11.8. The zero-order valence-corrected chi connectivity index (χ0v) is 11.8. The van der Waals surface area contributed by atoms with Crippen molar-refractivity contribution in [2.75, 3.05) is 6.54 Å². The Morgan fingerprint density at radius 1 is 1.33 bits per heavy atom. The van der Waals surface area contributed by atoms with Crippen LogP contribution in [0, 0.1) is 5.82 Å². The van der Waals surface area contributed by atoms with E-state index in [0.29, 0.717) is 18.7 Å². The van der Waals surface area contributed by atoms with Crippen LogP contribution in [-0.4, -0.2) is 23.5 Å². The summed E-state index contributed by atoms with van der Waals surface area (Å²) < 4.78 is 18.4. The molecule has 0 aliphatic heterocycles. The van der Waals surface area contributed by atoms with Crippen molar-refractivity contribution in [3.63, 3.8) is 0 Å². The first-order valence-electron chi connectivity index (χ1n) is 6.75. The van der Waals surface area contributed by atoms with E-state index in [-0.39, 0.29) is 5.91 Å². The zero-order chi connectivity index (χ0) is 15.1. The minimum Gasteiger partial charge on any atom is -0.481 e. The van der Waals surface area contributed by atoms with Crippen molar-refractivity contribution < 1.29 is 13.9 Å². The van der Waals surface area contributed by atoms with Gasteiger partial charge in [-0.05, 0) is 31.2 Å². The van der Waals surface area contributed by atoms with Gasteiger partial charge in [0.1, 0.15) is 11.6 Å². The number of pyridine rings is 1. The van der Waals surface area contributed by atoms with Gasteiger partial charge in [-0.2, -0.15) is 0 Å². The predicted molar refractivity (Wildman–Crippen MR) is 77.4 cm³/mol. The monoisotopic (exact) mass is 288 g/mol. The van der Waals surface area contributed by atoms with Gasteiger partial charge in [0.2, 0.25) is 0 Å². The van der Waals surface area contributed by atoms with E-state index < -0.39 is 11.9 Å². The van der Waals surface area contributed by atoms with Crippen molar-refractivity contribution in [3.8, 4) is 5.75 Å². The van der Waals surface area contributed by atoms with E-state index in [9.17, 15) is 9.18 Å². The van der Waals surface area contributed by atoms with Crippen molar-refractivity contribution in [1.29, 1.82) is 0 Å². The summed E-state index contributed by atoms with van der Waals surface area (Å²) in [6, 6.07) is 11.4. The van der Waals surface area contributed by atoms with Crippen LogP contribution >= 0.6 is 0 Å². The van der Waals surface area contributed by atoms with Gasteiger partial charge in [0.05, 0.1) is 0 Å². The van der Waals surface area contributed by atoms with Crippen LogP contribution in [0.5, 0.6) is 5.75 Å². The van der Waals surface area contributed by atoms with Gasteiger partial charge < -0.3 is 10.1 Å². The molecule has 0 spiro atoms. The van der Waals surface area contributed by atoms with Crippen LogP contribution < -0.4 is 10.1 Å². The lowest BCUT2D eigenvalue weighted by Gasteiger charge is -2.14. The molecule has 1 unspecified atom stereocenters. The molecule has 0 saturated heterocycles. The Morgan fingerprint density at radius 2 is 2.19 bits per heavy atom. The van der Waals surface area contributed by atoms with Crippen LogP contribution in [0.15, 0.2) is 48.7 Å². The fourth-order valence-electron chi connectivity index (χ4n) is 1.80. The number of nitrogens with zero attached hydrogens (tertiary/aromatic N) is 1. The number of carbonyl (C=O) groups is 1. The second-order valence-corrected chi connectivity index (χ2v) is 4.58. The molecule has 0 saturated carbocycles. The fourth-order valence-corrected chi connectivity index (χ4v) is 1.80. The van der Waals surface area contributed by atoms with Crippen LogP contribution in [0.2, 0.25) is 0 Å². The first-order valence-corrected chi connectivity index (χ1v) is 6.75. The molecule has 1 amide bonds. The molecular weight excluding hydrogens is 271 g/mol. The van der Waals surface area contributed by atoms with E-state index >= 15 is 0 Å². The van der Waals surface area contributed by atoms with Crippen molar-refractivity contribution in [2.24, 2.45) is 0 Å². The van der Waals surface area contributed by atoms with Crippen LogP contribution in [0.4, 0.5) is 4.39 Å². The second-order valence-electron chi connectivity index (χ2n) is 4.58. The summed E-state index contributed by atoms with van der Waals surface area (Å²) in [5, 5.41) is 2.77. The molecule has 0 fully saturated rings. The minimum atomic E-state index is -0.685. The molecule has 1 heterocycles. The topological polar surface area (TPSA) is 51.2 Å². The number of rotatable bonds is 6. The molecule has 110 valence electrons. The summed E-state index contributed by atoms with van der Waals surface area (Å²) in [4.78, 5) is 16.0. The third-order valence-electron chi connectivity index (χ3n) is 2.88. The Kier molecular flexibility index (Phi) is 5.26. The van der Waals surface area contributed by atoms with Crippen LogP contribution in [0.3, 0.4) is 0 Å². The summed E-state index contributed by atoms with van der Waals surface area (Å²) in [5.74, 6) is -0.298. The van der Waals surface area contributed by atoms with Gasteiger partial charge in [0.25, 0.3) is 5.91 Å². The lowest BCUT2D eigenvalue weighted by Crippen LogP contribution is -2.37. The number of hydrogen-bond acceptors (Lipinski definition) is 3. The molecule has 1 aromatic heterocycles. The third kappa shape index (κ3) is 4.87. The van der Waals surface area contributed by atoms with E-state index in [1.807, 2.05) is 18.2 Å². The van der Waals surface area contributed by atoms with E-state index in [1.165, 1.54) is 18.2 Å². The molecule has 0 aliphatic rings. The quantitative estimate of drug-likeness (QED) is 0.887. The Bertz CT molecular complexity index is 590. The predicted octanol–water partition coefficient (Wildman–Crippen LogP) is 2.35. The largest absolute Gasteiger partial charge is 0.481 e. The SMILES string of the molecule is CC(Oc1cccc(F)c1)C(=O)NCCc1ccccn1. The molecule has 0 aliphatic carbocycles. The Balaban J connectivity index is 1.77. The number of ether oxygens (including phenoxy) is 1. The second kappa shape index (κ2) is 7.38. The van der Waals surface area contributed by atoms with E-state index in [4.69, 9.17) is 4.74 Å². The number of aromatic nitrogens is 1. The average Bonchev–Trinajstić information content (AvgIpc) is 2.48. The maximum Gasteiger partial charge on any atom is 0.260 e. The first-order chi connectivity index (χ1) is 10.1. The van der Waals surface area contributed by atoms with Crippen LogP contribution in [-0.2, 0) is 11.2 Å². The highest BCUT2D eigenvalue weighted by atomic mass is 19.1. The van der Waals surface area contributed by atoms with Gasteiger partial charge >= 0.3 is 0 Å². The highest BCUT2D eigenvalue weighted by Crippen LogP contribution is 2.13. The molecule has 2 rings (SSSR count). The van der Waals surface area contributed by atoms with E-state index in [1.54, 1.807) is 19.2 Å². The summed E-state index contributed by atoms with van der Waals surface area (Å²) >= 11 is 0. The van der Waals surface area contributed by atoms with Gasteiger partial charge in [0, 0.05) is 30.9 Å². The van der Waals surface area contributed by atoms with Crippen molar-refractivity contribution in [1.82, 2.24) is 10.3 Å². The average molecular weight is 288 g/mol. The summed E-state index contributed by atoms with van der Waals surface area (Å²) in [7, 11) is 0. The normalized spacial score (nSPS) is 11.7. The van der Waals surface area contributed by atoms with Crippen molar-refractivity contribution >= 4 is 5.91 Å². The summed E-state index contributed by atoms with van der Waals surface area (Å²) in [6.07, 6.45) is 1.68. The number of amides is 1. The van der Waals surface area contributed by atoms with Crippen molar-refractivity contribution in [3.05, 3.63) is 60.2 Å². The molecule has 4 nitrogen and oxygen atoms in total. The fraction of sp³-hybridized carbons (Fsp3) is 0.250. The highest BCUT2D eigenvalue weighted by molar-refractivity contribution is 5.80. The lowest BCUT2D eigenvalue weighted by molar-refractivity contribution is -0.127. The van der Waals surface area contributed by atoms with E-state index in [0.717, 1.165) is 5.69 Å². The lowest BCUT2D eigenvalue weighted by atomic mass is 10.2. The number of carbonyl (C=O) groups excluding carboxylic acids is 1.